The van der Waals surface area contributed by atoms with E-state index in [0.717, 1.165) is 6.41 Å². The van der Waals surface area contributed by atoms with Crippen LogP contribution in [-0.4, -0.2) is 6.41 Å². The van der Waals surface area contributed by atoms with Gasteiger partial charge in [-0.25, -0.2) is 0 Å². The van der Waals surface area contributed by atoms with Crippen molar-refractivity contribution in [1.29, 1.82) is 0 Å². The SMILES string of the molecule is Cc1cc(C)c([C@H](C)NC=O)c(C)c1. The molecule has 0 saturated heterocycles. The van der Waals surface area contributed by atoms with Gasteiger partial charge < -0.3 is 5.32 Å². The maximum absolute atomic E-state index is 10.4. The van der Waals surface area contributed by atoms with Gasteiger partial charge in [0, 0.05) is 0 Å². The highest BCUT2D eigenvalue weighted by molar-refractivity contribution is 5.49. The average molecular weight is 191 g/mol. The van der Waals surface area contributed by atoms with E-state index >= 15 is 0 Å². The van der Waals surface area contributed by atoms with Crippen molar-refractivity contribution in [2.24, 2.45) is 0 Å². The third-order valence-corrected chi connectivity index (χ3v) is 2.49. The molecule has 0 fully saturated rings. The molecule has 0 aliphatic rings. The molecule has 1 amide bonds. The fourth-order valence-corrected chi connectivity index (χ4v) is 2.06. The normalized spacial score (nSPS) is 12.3. The molecule has 76 valence electrons. The minimum absolute atomic E-state index is 0.0908. The van der Waals surface area contributed by atoms with Crippen LogP contribution in [0, 0.1) is 20.8 Å². The molecule has 0 saturated carbocycles. The van der Waals surface area contributed by atoms with Crippen molar-refractivity contribution in [3.63, 3.8) is 0 Å². The molecule has 0 aliphatic carbocycles. The van der Waals surface area contributed by atoms with Crippen LogP contribution < -0.4 is 5.32 Å². The zero-order chi connectivity index (χ0) is 10.7. The first kappa shape index (κ1) is 10.8. The number of hydrogen-bond acceptors (Lipinski definition) is 1. The van der Waals surface area contributed by atoms with Gasteiger partial charge in [0.2, 0.25) is 6.41 Å². The Kier molecular flexibility index (Phi) is 3.28. The van der Waals surface area contributed by atoms with E-state index in [1.165, 1.54) is 22.3 Å². The van der Waals surface area contributed by atoms with Gasteiger partial charge in [0.05, 0.1) is 6.04 Å². The van der Waals surface area contributed by atoms with Gasteiger partial charge in [-0.05, 0) is 44.4 Å². The van der Waals surface area contributed by atoms with E-state index in [1.807, 2.05) is 6.92 Å². The van der Waals surface area contributed by atoms with Crippen molar-refractivity contribution >= 4 is 6.41 Å². The fourth-order valence-electron chi connectivity index (χ4n) is 2.06. The van der Waals surface area contributed by atoms with E-state index in [9.17, 15) is 4.79 Å². The molecule has 14 heavy (non-hydrogen) atoms. The molecule has 1 aromatic rings. The summed E-state index contributed by atoms with van der Waals surface area (Å²) in [6.07, 6.45) is 0.753. The summed E-state index contributed by atoms with van der Waals surface area (Å²) in [4.78, 5) is 10.4. The van der Waals surface area contributed by atoms with Crippen LogP contribution in [-0.2, 0) is 4.79 Å². The Labute approximate surface area is 85.3 Å². The Morgan fingerprint density at radius 1 is 1.21 bits per heavy atom. The molecule has 0 bridgehead atoms. The summed E-state index contributed by atoms with van der Waals surface area (Å²) >= 11 is 0. The van der Waals surface area contributed by atoms with Gasteiger partial charge in [0.1, 0.15) is 0 Å². The molecule has 2 nitrogen and oxygen atoms in total. The number of amides is 1. The van der Waals surface area contributed by atoms with Gasteiger partial charge in [-0.3, -0.25) is 4.79 Å². The maximum atomic E-state index is 10.4. The minimum Gasteiger partial charge on any atom is -0.352 e. The van der Waals surface area contributed by atoms with Crippen LogP contribution >= 0.6 is 0 Å². The summed E-state index contributed by atoms with van der Waals surface area (Å²) in [6.45, 7) is 8.25. The third kappa shape index (κ3) is 2.13. The van der Waals surface area contributed by atoms with Gasteiger partial charge in [-0.2, -0.15) is 0 Å². The van der Waals surface area contributed by atoms with Crippen LogP contribution in [0.3, 0.4) is 0 Å². The van der Waals surface area contributed by atoms with Crippen LogP contribution in [0.2, 0.25) is 0 Å². The molecule has 0 heterocycles. The van der Waals surface area contributed by atoms with Gasteiger partial charge in [-0.15, -0.1) is 0 Å². The van der Waals surface area contributed by atoms with Crippen molar-refractivity contribution in [3.05, 3.63) is 34.4 Å². The van der Waals surface area contributed by atoms with Gasteiger partial charge in [0.15, 0.2) is 0 Å². The number of carbonyl (C=O) groups excluding carboxylic acids is 1. The number of nitrogens with one attached hydrogen (secondary N) is 1. The van der Waals surface area contributed by atoms with Crippen molar-refractivity contribution in [3.8, 4) is 0 Å². The molecule has 0 spiro atoms. The van der Waals surface area contributed by atoms with E-state index < -0.39 is 0 Å². The van der Waals surface area contributed by atoms with Crippen LogP contribution in [0.15, 0.2) is 12.1 Å². The maximum Gasteiger partial charge on any atom is 0.207 e. The summed E-state index contributed by atoms with van der Waals surface area (Å²) in [5.74, 6) is 0. The van der Waals surface area contributed by atoms with E-state index in [2.05, 4.69) is 38.2 Å². The zero-order valence-electron chi connectivity index (χ0n) is 9.22. The molecule has 2 heteroatoms. The number of hydrogen-bond donors (Lipinski definition) is 1. The van der Waals surface area contributed by atoms with Crippen LogP contribution in [0.4, 0.5) is 0 Å². The Morgan fingerprint density at radius 2 is 1.71 bits per heavy atom. The first-order valence-electron chi connectivity index (χ1n) is 4.83. The molecule has 1 rings (SSSR count). The second kappa shape index (κ2) is 4.27. The largest absolute Gasteiger partial charge is 0.352 e. The summed E-state index contributed by atoms with van der Waals surface area (Å²) in [6, 6.07) is 4.38. The molecule has 1 atom stereocenters. The highest BCUT2D eigenvalue weighted by Crippen LogP contribution is 2.22. The number of benzene rings is 1. The van der Waals surface area contributed by atoms with E-state index in [1.54, 1.807) is 0 Å². The molecule has 0 radical (unpaired) electrons. The zero-order valence-corrected chi connectivity index (χ0v) is 9.22. The first-order valence-corrected chi connectivity index (χ1v) is 4.83. The lowest BCUT2D eigenvalue weighted by atomic mass is 9.95. The molecule has 0 aromatic heterocycles. The Bertz CT molecular complexity index is 321. The lowest BCUT2D eigenvalue weighted by molar-refractivity contribution is -0.110. The van der Waals surface area contributed by atoms with Crippen molar-refractivity contribution in [2.45, 2.75) is 33.7 Å². The molecular formula is C12H17NO. The average Bonchev–Trinajstić information content (AvgIpc) is 2.01. The van der Waals surface area contributed by atoms with Gasteiger partial charge >= 0.3 is 0 Å². The van der Waals surface area contributed by atoms with Crippen LogP contribution in [0.5, 0.6) is 0 Å². The molecule has 0 aliphatic heterocycles. The standard InChI is InChI=1S/C12H17NO/c1-8-5-9(2)12(10(3)6-8)11(4)13-7-14/h5-7,11H,1-4H3,(H,13,14)/t11-/m0/s1. The number of aryl methyl sites for hydroxylation is 3. The van der Waals surface area contributed by atoms with Crippen LogP contribution in [0.1, 0.15) is 35.2 Å². The second-order valence-corrected chi connectivity index (χ2v) is 3.82. The van der Waals surface area contributed by atoms with Gasteiger partial charge in [0.25, 0.3) is 0 Å². The summed E-state index contributed by atoms with van der Waals surface area (Å²) in [5, 5.41) is 2.78. The highest BCUT2D eigenvalue weighted by atomic mass is 16.1. The fraction of sp³-hybridized carbons (Fsp3) is 0.417. The predicted octanol–water partition coefficient (Wildman–Crippen LogP) is 2.42. The monoisotopic (exact) mass is 191 g/mol. The Balaban J connectivity index is 3.13. The quantitative estimate of drug-likeness (QED) is 0.730. The van der Waals surface area contributed by atoms with E-state index in [0.29, 0.717) is 0 Å². The Morgan fingerprint density at radius 3 is 2.14 bits per heavy atom. The topological polar surface area (TPSA) is 29.1 Å². The van der Waals surface area contributed by atoms with Crippen LogP contribution in [0.25, 0.3) is 0 Å². The smallest absolute Gasteiger partial charge is 0.207 e. The van der Waals surface area contributed by atoms with E-state index in [-0.39, 0.29) is 6.04 Å². The summed E-state index contributed by atoms with van der Waals surface area (Å²) in [5.41, 5.74) is 4.97. The van der Waals surface area contributed by atoms with Crippen molar-refractivity contribution < 1.29 is 4.79 Å². The molecule has 0 unspecified atom stereocenters. The first-order chi connectivity index (χ1) is 6.56. The van der Waals surface area contributed by atoms with Crippen molar-refractivity contribution in [1.82, 2.24) is 5.32 Å². The molecular weight excluding hydrogens is 174 g/mol. The number of carbonyl (C=O) groups is 1. The summed E-state index contributed by atoms with van der Waals surface area (Å²) < 4.78 is 0. The summed E-state index contributed by atoms with van der Waals surface area (Å²) in [7, 11) is 0. The predicted molar refractivity (Wildman–Crippen MR) is 58.3 cm³/mol. The number of rotatable bonds is 3. The third-order valence-electron chi connectivity index (χ3n) is 2.49. The minimum atomic E-state index is 0.0908. The lowest BCUT2D eigenvalue weighted by Gasteiger charge is -2.17. The Hall–Kier alpha value is -1.31. The van der Waals surface area contributed by atoms with E-state index in [4.69, 9.17) is 0 Å². The molecule has 1 aromatic carbocycles. The van der Waals surface area contributed by atoms with Crippen molar-refractivity contribution in [2.75, 3.05) is 0 Å². The molecule has 1 N–H and O–H groups in total. The van der Waals surface area contributed by atoms with Gasteiger partial charge in [-0.1, -0.05) is 17.7 Å². The second-order valence-electron chi connectivity index (χ2n) is 3.82. The highest BCUT2D eigenvalue weighted by Gasteiger charge is 2.10. The lowest BCUT2D eigenvalue weighted by Crippen LogP contribution is -2.18.